The number of imidazole rings is 1. The Balaban J connectivity index is 2.69. The quantitative estimate of drug-likeness (QED) is 0.484. The van der Waals surface area contributed by atoms with Crippen LogP contribution in [0, 0.1) is 0 Å². The minimum absolute atomic E-state index is 0.0881. The van der Waals surface area contributed by atoms with Gasteiger partial charge in [0, 0.05) is 19.4 Å². The molecule has 0 saturated carbocycles. The average Bonchev–Trinajstić information content (AvgIpc) is 2.18. The highest BCUT2D eigenvalue weighted by Gasteiger charge is 1.95. The normalized spacial score (nSPS) is 10.0. The Morgan fingerprint density at radius 1 is 1.89 bits per heavy atom. The van der Waals surface area contributed by atoms with Gasteiger partial charge in [-0.2, -0.15) is 0 Å². The van der Waals surface area contributed by atoms with E-state index in [0.29, 0.717) is 0 Å². The van der Waals surface area contributed by atoms with Gasteiger partial charge < -0.3 is 9.67 Å². The molecule has 1 N–H and O–H groups in total. The number of aliphatic hydroxyl groups is 1. The van der Waals surface area contributed by atoms with Crippen LogP contribution in [-0.2, 0) is 7.05 Å². The van der Waals surface area contributed by atoms with Crippen LogP contribution in [0.1, 0.15) is 0 Å². The molecule has 0 spiro atoms. The van der Waals surface area contributed by atoms with E-state index in [0.717, 1.165) is 5.16 Å². The van der Waals surface area contributed by atoms with Crippen molar-refractivity contribution in [1.82, 2.24) is 9.55 Å². The molecule has 9 heavy (non-hydrogen) atoms. The Bertz CT molecular complexity index is 187. The Hall–Kier alpha value is -0.480. The monoisotopic (exact) mass is 144 g/mol. The highest BCUT2D eigenvalue weighted by Crippen LogP contribution is 2.11. The maximum atomic E-state index is 8.47. The number of thioether (sulfide) groups is 1. The topological polar surface area (TPSA) is 38.0 Å². The number of aromatic nitrogens is 2. The summed E-state index contributed by atoms with van der Waals surface area (Å²) in [6.45, 7) is 0. The van der Waals surface area contributed by atoms with Gasteiger partial charge in [0.25, 0.3) is 0 Å². The van der Waals surface area contributed by atoms with Gasteiger partial charge in [-0.25, -0.2) is 4.98 Å². The standard InChI is InChI=1S/C5H8N2OS/c1-7-3-2-6-5(7)9-4-8/h2-3,8H,4H2,1H3. The largest absolute Gasteiger partial charge is 0.385 e. The van der Waals surface area contributed by atoms with Gasteiger partial charge in [0.05, 0.1) is 5.94 Å². The first-order chi connectivity index (χ1) is 4.34. The second-order valence-electron chi connectivity index (χ2n) is 1.59. The van der Waals surface area contributed by atoms with E-state index >= 15 is 0 Å². The maximum Gasteiger partial charge on any atom is 0.169 e. The highest BCUT2D eigenvalue weighted by molar-refractivity contribution is 7.98. The smallest absolute Gasteiger partial charge is 0.169 e. The van der Waals surface area contributed by atoms with Crippen LogP contribution < -0.4 is 0 Å². The minimum atomic E-state index is 0.0881. The molecule has 0 radical (unpaired) electrons. The zero-order chi connectivity index (χ0) is 6.69. The Morgan fingerprint density at radius 3 is 3.11 bits per heavy atom. The molecule has 0 unspecified atom stereocenters. The van der Waals surface area contributed by atoms with Gasteiger partial charge in [0.1, 0.15) is 0 Å². The molecule has 1 rings (SSSR count). The van der Waals surface area contributed by atoms with Crippen LogP contribution >= 0.6 is 11.8 Å². The molecule has 4 heteroatoms. The summed E-state index contributed by atoms with van der Waals surface area (Å²) in [5.41, 5.74) is 0. The van der Waals surface area contributed by atoms with E-state index < -0.39 is 0 Å². The van der Waals surface area contributed by atoms with Crippen molar-refractivity contribution in [3.63, 3.8) is 0 Å². The summed E-state index contributed by atoms with van der Waals surface area (Å²) in [6.07, 6.45) is 3.55. The third-order valence-corrected chi connectivity index (χ3v) is 1.75. The molecule has 0 atom stereocenters. The number of nitrogens with zero attached hydrogens (tertiary/aromatic N) is 2. The van der Waals surface area contributed by atoms with Crippen molar-refractivity contribution in [3.05, 3.63) is 12.4 Å². The molecule has 1 aromatic heterocycles. The summed E-state index contributed by atoms with van der Waals surface area (Å²) < 4.78 is 1.86. The van der Waals surface area contributed by atoms with Gasteiger partial charge in [-0.3, -0.25) is 0 Å². The number of aliphatic hydroxyl groups excluding tert-OH is 1. The van der Waals surface area contributed by atoms with E-state index in [2.05, 4.69) is 4.98 Å². The average molecular weight is 144 g/mol. The van der Waals surface area contributed by atoms with Crippen LogP contribution in [0.25, 0.3) is 0 Å². The first-order valence-electron chi connectivity index (χ1n) is 2.55. The van der Waals surface area contributed by atoms with E-state index in [1.807, 2.05) is 17.8 Å². The number of rotatable bonds is 2. The van der Waals surface area contributed by atoms with Crippen LogP contribution in [0.5, 0.6) is 0 Å². The van der Waals surface area contributed by atoms with Crippen molar-refractivity contribution in [3.8, 4) is 0 Å². The lowest BCUT2D eigenvalue weighted by Crippen LogP contribution is -1.88. The van der Waals surface area contributed by atoms with E-state index in [9.17, 15) is 0 Å². The number of hydrogen-bond donors (Lipinski definition) is 1. The lowest BCUT2D eigenvalue weighted by atomic mass is 10.9. The van der Waals surface area contributed by atoms with Gasteiger partial charge in [-0.15, -0.1) is 0 Å². The molecule has 0 fully saturated rings. The number of hydrogen-bond acceptors (Lipinski definition) is 3. The second-order valence-corrected chi connectivity index (χ2v) is 2.51. The van der Waals surface area contributed by atoms with Crippen molar-refractivity contribution in [2.24, 2.45) is 7.05 Å². The zero-order valence-electron chi connectivity index (χ0n) is 5.11. The van der Waals surface area contributed by atoms with Gasteiger partial charge in [0.15, 0.2) is 5.16 Å². The van der Waals surface area contributed by atoms with Crippen molar-refractivity contribution in [1.29, 1.82) is 0 Å². The molecule has 0 aliphatic rings. The maximum absolute atomic E-state index is 8.47. The SMILES string of the molecule is Cn1ccnc1SCO. The van der Waals surface area contributed by atoms with Crippen LogP contribution in [0.4, 0.5) is 0 Å². The first-order valence-corrected chi connectivity index (χ1v) is 3.54. The van der Waals surface area contributed by atoms with Gasteiger partial charge in [-0.1, -0.05) is 11.8 Å². The summed E-state index contributed by atoms with van der Waals surface area (Å²) in [4.78, 5) is 3.97. The second kappa shape index (κ2) is 2.89. The summed E-state index contributed by atoms with van der Waals surface area (Å²) >= 11 is 1.32. The summed E-state index contributed by atoms with van der Waals surface area (Å²) in [7, 11) is 1.89. The molecular formula is C5H8N2OS. The number of aryl methyl sites for hydroxylation is 1. The third-order valence-electron chi connectivity index (χ3n) is 0.971. The predicted molar refractivity (Wildman–Crippen MR) is 36.2 cm³/mol. The van der Waals surface area contributed by atoms with Crippen molar-refractivity contribution in [2.45, 2.75) is 5.16 Å². The van der Waals surface area contributed by atoms with Crippen molar-refractivity contribution in [2.75, 3.05) is 5.94 Å². The molecule has 0 amide bonds. The molecule has 0 bridgehead atoms. The fourth-order valence-corrected chi connectivity index (χ4v) is 1.06. The Morgan fingerprint density at radius 2 is 2.67 bits per heavy atom. The minimum Gasteiger partial charge on any atom is -0.385 e. The van der Waals surface area contributed by atoms with E-state index in [4.69, 9.17) is 5.11 Å². The highest BCUT2D eigenvalue weighted by atomic mass is 32.2. The van der Waals surface area contributed by atoms with E-state index in [1.54, 1.807) is 6.20 Å². The molecule has 1 heterocycles. The van der Waals surface area contributed by atoms with E-state index in [1.165, 1.54) is 11.8 Å². The zero-order valence-corrected chi connectivity index (χ0v) is 5.93. The molecule has 1 aromatic rings. The Kier molecular flexibility index (Phi) is 2.13. The van der Waals surface area contributed by atoms with Crippen LogP contribution in [0.15, 0.2) is 17.6 Å². The fourth-order valence-electron chi connectivity index (χ4n) is 0.549. The first kappa shape index (κ1) is 6.64. The van der Waals surface area contributed by atoms with E-state index in [-0.39, 0.29) is 5.94 Å². The lowest BCUT2D eigenvalue weighted by molar-refractivity contribution is 0.374. The summed E-state index contributed by atoms with van der Waals surface area (Å²) in [5, 5.41) is 9.32. The molecule has 3 nitrogen and oxygen atoms in total. The van der Waals surface area contributed by atoms with Crippen LogP contribution in [0.3, 0.4) is 0 Å². The fraction of sp³-hybridized carbons (Fsp3) is 0.400. The van der Waals surface area contributed by atoms with Gasteiger partial charge >= 0.3 is 0 Å². The summed E-state index contributed by atoms with van der Waals surface area (Å²) in [5.74, 6) is 0.0881. The molecule has 0 aromatic carbocycles. The predicted octanol–water partition coefficient (Wildman–Crippen LogP) is 0.462. The van der Waals surface area contributed by atoms with Crippen molar-refractivity contribution >= 4 is 11.8 Å². The molecule has 0 aliphatic carbocycles. The van der Waals surface area contributed by atoms with Gasteiger partial charge in [0.2, 0.25) is 0 Å². The molecule has 0 saturated heterocycles. The van der Waals surface area contributed by atoms with Gasteiger partial charge in [-0.05, 0) is 0 Å². The molecular weight excluding hydrogens is 136 g/mol. The third kappa shape index (κ3) is 1.46. The van der Waals surface area contributed by atoms with Crippen molar-refractivity contribution < 1.29 is 5.11 Å². The molecule has 50 valence electrons. The summed E-state index contributed by atoms with van der Waals surface area (Å²) in [6, 6.07) is 0. The van der Waals surface area contributed by atoms with Crippen LogP contribution in [-0.4, -0.2) is 20.6 Å². The lowest BCUT2D eigenvalue weighted by Gasteiger charge is -1.94. The van der Waals surface area contributed by atoms with Crippen LogP contribution in [0.2, 0.25) is 0 Å². The molecule has 0 aliphatic heterocycles. The Labute approximate surface area is 57.7 Å².